The summed E-state index contributed by atoms with van der Waals surface area (Å²) in [5.41, 5.74) is 0. The van der Waals surface area contributed by atoms with Gasteiger partial charge in [-0.25, -0.2) is 0 Å². The zero-order valence-corrected chi connectivity index (χ0v) is 6.39. The summed E-state index contributed by atoms with van der Waals surface area (Å²) >= 11 is 0. The Balaban J connectivity index is 2.96. The molecule has 0 amide bonds. The molecule has 0 N–H and O–H groups in total. The SMILES string of the molecule is C=CC(C)CCCOC. The van der Waals surface area contributed by atoms with Crippen LogP contribution < -0.4 is 0 Å². The molecule has 0 fully saturated rings. The van der Waals surface area contributed by atoms with Crippen LogP contribution in [0.2, 0.25) is 0 Å². The molecule has 1 heteroatoms. The van der Waals surface area contributed by atoms with Gasteiger partial charge in [0, 0.05) is 13.7 Å². The monoisotopic (exact) mass is 128 g/mol. The molecule has 54 valence electrons. The van der Waals surface area contributed by atoms with Crippen LogP contribution in [0.5, 0.6) is 0 Å². The quantitative estimate of drug-likeness (QED) is 0.407. The number of methoxy groups -OCH3 is 1. The fourth-order valence-electron chi connectivity index (χ4n) is 0.667. The lowest BCUT2D eigenvalue weighted by atomic mass is 10.1. The zero-order valence-electron chi connectivity index (χ0n) is 6.39. The van der Waals surface area contributed by atoms with Crippen molar-refractivity contribution >= 4 is 0 Å². The Morgan fingerprint density at radius 3 is 2.78 bits per heavy atom. The smallest absolute Gasteiger partial charge is 0.0462 e. The lowest BCUT2D eigenvalue weighted by Crippen LogP contribution is -1.93. The number of hydrogen-bond acceptors (Lipinski definition) is 1. The maximum atomic E-state index is 4.90. The van der Waals surface area contributed by atoms with E-state index in [1.807, 2.05) is 6.08 Å². The Kier molecular flexibility index (Phi) is 5.64. The minimum absolute atomic E-state index is 0.639. The molecule has 0 spiro atoms. The van der Waals surface area contributed by atoms with Crippen molar-refractivity contribution < 1.29 is 4.74 Å². The molecule has 0 saturated heterocycles. The molecule has 0 aromatic heterocycles. The maximum Gasteiger partial charge on any atom is 0.0462 e. The van der Waals surface area contributed by atoms with Gasteiger partial charge in [0.15, 0.2) is 0 Å². The predicted molar refractivity (Wildman–Crippen MR) is 40.5 cm³/mol. The average Bonchev–Trinajstić information content (AvgIpc) is 1.89. The molecular formula is C8H16O. The molecule has 0 aromatic carbocycles. The normalized spacial score (nSPS) is 13.1. The Bertz CT molecular complexity index is 69.0. The summed E-state index contributed by atoms with van der Waals surface area (Å²) in [6, 6.07) is 0. The summed E-state index contributed by atoms with van der Waals surface area (Å²) in [4.78, 5) is 0. The van der Waals surface area contributed by atoms with Crippen molar-refractivity contribution in [1.29, 1.82) is 0 Å². The maximum absolute atomic E-state index is 4.90. The van der Waals surface area contributed by atoms with Gasteiger partial charge in [0.25, 0.3) is 0 Å². The molecule has 9 heavy (non-hydrogen) atoms. The van der Waals surface area contributed by atoms with Gasteiger partial charge in [-0.1, -0.05) is 13.0 Å². The Hall–Kier alpha value is -0.300. The summed E-state index contributed by atoms with van der Waals surface area (Å²) in [5.74, 6) is 0.639. The van der Waals surface area contributed by atoms with E-state index < -0.39 is 0 Å². The minimum Gasteiger partial charge on any atom is -0.385 e. The van der Waals surface area contributed by atoms with Crippen LogP contribution in [0, 0.1) is 5.92 Å². The van der Waals surface area contributed by atoms with Crippen LogP contribution >= 0.6 is 0 Å². The Labute approximate surface area is 57.7 Å². The summed E-state index contributed by atoms with van der Waals surface area (Å²) < 4.78 is 4.90. The van der Waals surface area contributed by atoms with Crippen molar-refractivity contribution in [3.05, 3.63) is 12.7 Å². The molecule has 1 atom stereocenters. The Morgan fingerprint density at radius 2 is 2.33 bits per heavy atom. The molecule has 1 unspecified atom stereocenters. The van der Waals surface area contributed by atoms with Crippen molar-refractivity contribution in [1.82, 2.24) is 0 Å². The van der Waals surface area contributed by atoms with Crippen molar-refractivity contribution in [2.45, 2.75) is 19.8 Å². The molecule has 0 aliphatic rings. The van der Waals surface area contributed by atoms with Gasteiger partial charge in [0.1, 0.15) is 0 Å². The fourth-order valence-corrected chi connectivity index (χ4v) is 0.667. The Morgan fingerprint density at radius 1 is 1.67 bits per heavy atom. The molecule has 0 aliphatic heterocycles. The zero-order chi connectivity index (χ0) is 7.11. The van der Waals surface area contributed by atoms with E-state index in [2.05, 4.69) is 13.5 Å². The highest BCUT2D eigenvalue weighted by Gasteiger charge is 1.93. The first-order chi connectivity index (χ1) is 4.31. The van der Waals surface area contributed by atoms with Gasteiger partial charge in [-0.15, -0.1) is 6.58 Å². The van der Waals surface area contributed by atoms with E-state index >= 15 is 0 Å². The van der Waals surface area contributed by atoms with Gasteiger partial charge in [0.2, 0.25) is 0 Å². The van der Waals surface area contributed by atoms with Crippen LogP contribution in [-0.4, -0.2) is 13.7 Å². The molecule has 0 aromatic rings. The number of hydrogen-bond donors (Lipinski definition) is 0. The van der Waals surface area contributed by atoms with E-state index in [0.717, 1.165) is 13.0 Å². The molecule has 0 aliphatic carbocycles. The number of rotatable bonds is 5. The lowest BCUT2D eigenvalue weighted by molar-refractivity contribution is 0.190. The van der Waals surface area contributed by atoms with Crippen LogP contribution in [0.3, 0.4) is 0 Å². The van der Waals surface area contributed by atoms with Gasteiger partial charge in [-0.3, -0.25) is 0 Å². The number of ether oxygens (including phenoxy) is 1. The molecule has 0 saturated carbocycles. The second-order valence-electron chi connectivity index (χ2n) is 2.35. The third-order valence-electron chi connectivity index (χ3n) is 1.41. The topological polar surface area (TPSA) is 9.23 Å². The average molecular weight is 128 g/mol. The highest BCUT2D eigenvalue weighted by molar-refractivity contribution is 4.74. The third-order valence-corrected chi connectivity index (χ3v) is 1.41. The molecule has 0 heterocycles. The largest absolute Gasteiger partial charge is 0.385 e. The van der Waals surface area contributed by atoms with E-state index in [1.165, 1.54) is 6.42 Å². The summed E-state index contributed by atoms with van der Waals surface area (Å²) in [7, 11) is 1.73. The van der Waals surface area contributed by atoms with E-state index in [0.29, 0.717) is 5.92 Å². The van der Waals surface area contributed by atoms with Crippen LogP contribution in [0.1, 0.15) is 19.8 Å². The van der Waals surface area contributed by atoms with Crippen molar-refractivity contribution in [3.63, 3.8) is 0 Å². The van der Waals surface area contributed by atoms with Crippen molar-refractivity contribution in [2.75, 3.05) is 13.7 Å². The molecule has 0 rings (SSSR count). The molecular weight excluding hydrogens is 112 g/mol. The van der Waals surface area contributed by atoms with Crippen molar-refractivity contribution in [2.24, 2.45) is 5.92 Å². The first kappa shape index (κ1) is 8.70. The fraction of sp³-hybridized carbons (Fsp3) is 0.750. The summed E-state index contributed by atoms with van der Waals surface area (Å²) in [6.45, 7) is 6.74. The molecule has 1 nitrogen and oxygen atoms in total. The predicted octanol–water partition coefficient (Wildman–Crippen LogP) is 2.24. The van der Waals surface area contributed by atoms with E-state index in [4.69, 9.17) is 4.74 Å². The van der Waals surface area contributed by atoms with Crippen LogP contribution in [0.15, 0.2) is 12.7 Å². The highest BCUT2D eigenvalue weighted by atomic mass is 16.5. The van der Waals surface area contributed by atoms with Gasteiger partial charge >= 0.3 is 0 Å². The van der Waals surface area contributed by atoms with E-state index in [-0.39, 0.29) is 0 Å². The van der Waals surface area contributed by atoms with Crippen molar-refractivity contribution in [3.8, 4) is 0 Å². The van der Waals surface area contributed by atoms with Crippen LogP contribution in [-0.2, 0) is 4.74 Å². The molecule has 0 radical (unpaired) electrons. The summed E-state index contributed by atoms with van der Waals surface area (Å²) in [6.07, 6.45) is 4.32. The van der Waals surface area contributed by atoms with Gasteiger partial charge in [0.05, 0.1) is 0 Å². The van der Waals surface area contributed by atoms with E-state index in [1.54, 1.807) is 7.11 Å². The van der Waals surface area contributed by atoms with Gasteiger partial charge < -0.3 is 4.74 Å². The third kappa shape index (κ3) is 5.57. The number of allylic oxidation sites excluding steroid dienone is 1. The van der Waals surface area contributed by atoms with Crippen LogP contribution in [0.25, 0.3) is 0 Å². The van der Waals surface area contributed by atoms with Gasteiger partial charge in [-0.05, 0) is 18.8 Å². The van der Waals surface area contributed by atoms with E-state index in [9.17, 15) is 0 Å². The first-order valence-corrected chi connectivity index (χ1v) is 3.42. The summed E-state index contributed by atoms with van der Waals surface area (Å²) in [5, 5.41) is 0. The minimum atomic E-state index is 0.639. The lowest BCUT2D eigenvalue weighted by Gasteiger charge is -2.02. The molecule has 0 bridgehead atoms. The highest BCUT2D eigenvalue weighted by Crippen LogP contribution is 2.04. The second kappa shape index (κ2) is 5.83. The van der Waals surface area contributed by atoms with Crippen LogP contribution in [0.4, 0.5) is 0 Å². The standard InChI is InChI=1S/C8H16O/c1-4-8(2)6-5-7-9-3/h4,8H,1,5-7H2,2-3H3. The second-order valence-corrected chi connectivity index (χ2v) is 2.35. The first-order valence-electron chi connectivity index (χ1n) is 3.42. The van der Waals surface area contributed by atoms with Gasteiger partial charge in [-0.2, -0.15) is 0 Å².